The van der Waals surface area contributed by atoms with Gasteiger partial charge in [-0.3, -0.25) is 14.4 Å². The van der Waals surface area contributed by atoms with E-state index in [-0.39, 0.29) is 24.3 Å². The fourth-order valence-corrected chi connectivity index (χ4v) is 3.14. The number of carboxylic acids is 1. The highest BCUT2D eigenvalue weighted by atomic mass is 79.9. The molecule has 1 aliphatic rings. The standard InChI is InChI=1S/C17H21BrN2O4/c1-10-7-13(5-6-14(10)18)20-15(21)9-19-16(22)11-3-2-4-12(8-11)17(23)24/h5-7,11-12H,2-4,8-9H2,1H3,(H,19,22)(H,20,21)(H,23,24). The van der Waals surface area contributed by atoms with E-state index in [1.807, 2.05) is 19.1 Å². The molecule has 2 amide bonds. The summed E-state index contributed by atoms with van der Waals surface area (Å²) < 4.78 is 0.957. The van der Waals surface area contributed by atoms with Crippen molar-refractivity contribution in [2.75, 3.05) is 11.9 Å². The Morgan fingerprint density at radius 2 is 1.96 bits per heavy atom. The monoisotopic (exact) mass is 396 g/mol. The summed E-state index contributed by atoms with van der Waals surface area (Å²) in [5, 5.41) is 14.4. The quantitative estimate of drug-likeness (QED) is 0.712. The lowest BCUT2D eigenvalue weighted by Gasteiger charge is -2.25. The van der Waals surface area contributed by atoms with Gasteiger partial charge in [0.05, 0.1) is 12.5 Å². The number of aliphatic carboxylic acids is 1. The summed E-state index contributed by atoms with van der Waals surface area (Å²) in [5.74, 6) is -2.20. The second kappa shape index (κ2) is 8.28. The van der Waals surface area contributed by atoms with E-state index in [9.17, 15) is 14.4 Å². The minimum absolute atomic E-state index is 0.123. The minimum atomic E-state index is -0.851. The summed E-state index contributed by atoms with van der Waals surface area (Å²) >= 11 is 3.39. The molecule has 0 aliphatic heterocycles. The molecule has 3 N–H and O–H groups in total. The Morgan fingerprint density at radius 3 is 2.62 bits per heavy atom. The summed E-state index contributed by atoms with van der Waals surface area (Å²) in [6.45, 7) is 1.80. The van der Waals surface area contributed by atoms with Crippen LogP contribution in [0.3, 0.4) is 0 Å². The van der Waals surface area contributed by atoms with E-state index < -0.39 is 11.9 Å². The van der Waals surface area contributed by atoms with E-state index in [1.54, 1.807) is 6.07 Å². The van der Waals surface area contributed by atoms with Gasteiger partial charge in [-0.2, -0.15) is 0 Å². The van der Waals surface area contributed by atoms with Crippen LogP contribution >= 0.6 is 15.9 Å². The van der Waals surface area contributed by atoms with Gasteiger partial charge in [-0.05, 0) is 49.9 Å². The van der Waals surface area contributed by atoms with Crippen molar-refractivity contribution in [2.24, 2.45) is 11.8 Å². The zero-order chi connectivity index (χ0) is 17.7. The van der Waals surface area contributed by atoms with Gasteiger partial charge in [0.2, 0.25) is 11.8 Å². The topological polar surface area (TPSA) is 95.5 Å². The van der Waals surface area contributed by atoms with Crippen molar-refractivity contribution < 1.29 is 19.5 Å². The summed E-state index contributed by atoms with van der Waals surface area (Å²) in [6.07, 6.45) is 2.35. The molecule has 1 fully saturated rings. The van der Waals surface area contributed by atoms with Crippen molar-refractivity contribution in [1.82, 2.24) is 5.32 Å². The molecule has 2 atom stereocenters. The third-order valence-corrected chi connectivity index (χ3v) is 5.15. The molecule has 130 valence electrons. The third-order valence-electron chi connectivity index (χ3n) is 4.26. The van der Waals surface area contributed by atoms with Crippen LogP contribution < -0.4 is 10.6 Å². The van der Waals surface area contributed by atoms with Crippen LogP contribution in [-0.4, -0.2) is 29.4 Å². The van der Waals surface area contributed by atoms with Gasteiger partial charge in [0.1, 0.15) is 0 Å². The molecule has 2 unspecified atom stereocenters. The Bertz CT molecular complexity index is 647. The van der Waals surface area contributed by atoms with Gasteiger partial charge in [0.25, 0.3) is 0 Å². The number of aryl methyl sites for hydroxylation is 1. The lowest BCUT2D eigenvalue weighted by molar-refractivity contribution is -0.144. The van der Waals surface area contributed by atoms with Crippen LogP contribution in [-0.2, 0) is 14.4 Å². The molecule has 7 heteroatoms. The molecule has 0 aromatic heterocycles. The predicted molar refractivity (Wildman–Crippen MR) is 93.6 cm³/mol. The first-order chi connectivity index (χ1) is 11.4. The van der Waals surface area contributed by atoms with E-state index in [4.69, 9.17) is 5.11 Å². The molecular weight excluding hydrogens is 376 g/mol. The Hall–Kier alpha value is -1.89. The molecule has 1 saturated carbocycles. The molecule has 0 spiro atoms. The molecule has 1 aliphatic carbocycles. The highest BCUT2D eigenvalue weighted by Gasteiger charge is 2.31. The van der Waals surface area contributed by atoms with Crippen molar-refractivity contribution in [1.29, 1.82) is 0 Å². The number of benzene rings is 1. The number of hydrogen-bond donors (Lipinski definition) is 3. The van der Waals surface area contributed by atoms with Crippen molar-refractivity contribution >= 4 is 39.4 Å². The van der Waals surface area contributed by atoms with Crippen molar-refractivity contribution in [2.45, 2.75) is 32.6 Å². The maximum atomic E-state index is 12.1. The Kier molecular flexibility index (Phi) is 6.36. The zero-order valence-electron chi connectivity index (χ0n) is 13.5. The van der Waals surface area contributed by atoms with Crippen molar-refractivity contribution in [3.8, 4) is 0 Å². The summed E-state index contributed by atoms with van der Waals surface area (Å²) in [6, 6.07) is 5.45. The van der Waals surface area contributed by atoms with Gasteiger partial charge < -0.3 is 15.7 Å². The number of hydrogen-bond acceptors (Lipinski definition) is 3. The van der Waals surface area contributed by atoms with Crippen LogP contribution in [0.1, 0.15) is 31.2 Å². The predicted octanol–water partition coefficient (Wildman–Crippen LogP) is 2.70. The first-order valence-corrected chi connectivity index (χ1v) is 8.72. The summed E-state index contributed by atoms with van der Waals surface area (Å²) in [5.41, 5.74) is 1.66. The average Bonchev–Trinajstić information content (AvgIpc) is 2.56. The number of nitrogens with one attached hydrogen (secondary N) is 2. The number of carboxylic acid groups (broad SMARTS) is 1. The highest BCUT2D eigenvalue weighted by molar-refractivity contribution is 9.10. The van der Waals surface area contributed by atoms with Gasteiger partial charge >= 0.3 is 5.97 Å². The van der Waals surface area contributed by atoms with Gasteiger partial charge in [-0.15, -0.1) is 0 Å². The second-order valence-electron chi connectivity index (χ2n) is 6.13. The first-order valence-electron chi connectivity index (χ1n) is 7.93. The summed E-state index contributed by atoms with van der Waals surface area (Å²) in [7, 11) is 0. The molecule has 0 heterocycles. The average molecular weight is 397 g/mol. The van der Waals surface area contributed by atoms with Crippen LogP contribution in [0.15, 0.2) is 22.7 Å². The Labute approximate surface area is 149 Å². The smallest absolute Gasteiger partial charge is 0.306 e. The third kappa shape index (κ3) is 5.06. The fourth-order valence-electron chi connectivity index (χ4n) is 2.89. The lowest BCUT2D eigenvalue weighted by Crippen LogP contribution is -2.39. The van der Waals surface area contributed by atoms with Crippen LogP contribution in [0.25, 0.3) is 0 Å². The molecular formula is C17H21BrN2O4. The van der Waals surface area contributed by atoms with Gasteiger partial charge in [-0.1, -0.05) is 22.4 Å². The molecule has 1 aromatic carbocycles. The maximum Gasteiger partial charge on any atom is 0.306 e. The van der Waals surface area contributed by atoms with Crippen LogP contribution in [0.5, 0.6) is 0 Å². The number of halogens is 1. The van der Waals surface area contributed by atoms with Gasteiger partial charge in [-0.25, -0.2) is 0 Å². The Morgan fingerprint density at radius 1 is 1.25 bits per heavy atom. The lowest BCUT2D eigenvalue weighted by atomic mass is 9.81. The van der Waals surface area contributed by atoms with Crippen LogP contribution in [0.4, 0.5) is 5.69 Å². The molecule has 6 nitrogen and oxygen atoms in total. The number of carbonyl (C=O) groups excluding carboxylic acids is 2. The largest absolute Gasteiger partial charge is 0.481 e. The normalized spacial score (nSPS) is 20.2. The van der Waals surface area contributed by atoms with E-state index in [2.05, 4.69) is 26.6 Å². The molecule has 24 heavy (non-hydrogen) atoms. The first kappa shape index (κ1) is 18.4. The number of carbonyl (C=O) groups is 3. The van der Waals surface area contributed by atoms with Crippen molar-refractivity contribution in [3.63, 3.8) is 0 Å². The maximum absolute atomic E-state index is 12.1. The molecule has 0 bridgehead atoms. The molecule has 0 saturated heterocycles. The van der Waals surface area contributed by atoms with Crippen LogP contribution in [0, 0.1) is 18.8 Å². The highest BCUT2D eigenvalue weighted by Crippen LogP contribution is 2.29. The number of amides is 2. The molecule has 1 aromatic rings. The number of rotatable bonds is 5. The number of anilines is 1. The minimum Gasteiger partial charge on any atom is -0.481 e. The Balaban J connectivity index is 1.81. The summed E-state index contributed by atoms with van der Waals surface area (Å²) in [4.78, 5) is 35.1. The zero-order valence-corrected chi connectivity index (χ0v) is 15.1. The molecule has 2 rings (SSSR count). The van der Waals surface area contributed by atoms with Crippen LogP contribution in [0.2, 0.25) is 0 Å². The van der Waals surface area contributed by atoms with E-state index in [0.29, 0.717) is 24.9 Å². The van der Waals surface area contributed by atoms with E-state index >= 15 is 0 Å². The SMILES string of the molecule is Cc1cc(NC(=O)CNC(=O)C2CCCC(C(=O)O)C2)ccc1Br. The van der Waals surface area contributed by atoms with E-state index in [0.717, 1.165) is 16.5 Å². The molecule has 0 radical (unpaired) electrons. The van der Waals surface area contributed by atoms with Gasteiger partial charge in [0.15, 0.2) is 0 Å². The van der Waals surface area contributed by atoms with Gasteiger partial charge in [0, 0.05) is 16.1 Å². The van der Waals surface area contributed by atoms with E-state index in [1.165, 1.54) is 0 Å². The van der Waals surface area contributed by atoms with Crippen molar-refractivity contribution in [3.05, 3.63) is 28.2 Å². The second-order valence-corrected chi connectivity index (χ2v) is 6.98. The fraction of sp³-hybridized carbons (Fsp3) is 0.471.